The second-order valence-electron chi connectivity index (χ2n) is 5.27. The second kappa shape index (κ2) is 7.53. The highest BCUT2D eigenvalue weighted by molar-refractivity contribution is 6.30. The highest BCUT2D eigenvalue weighted by Gasteiger charge is 2.18. The molecule has 0 fully saturated rings. The number of carbonyl (C=O) groups excluding carboxylic acids is 1. The van der Waals surface area contributed by atoms with Gasteiger partial charge in [-0.3, -0.25) is 10.1 Å². The third kappa shape index (κ3) is 4.74. The van der Waals surface area contributed by atoms with Crippen molar-refractivity contribution in [2.45, 2.75) is 25.9 Å². The molecule has 0 aliphatic carbocycles. The summed E-state index contributed by atoms with van der Waals surface area (Å²) in [6.45, 7) is 3.38. The van der Waals surface area contributed by atoms with Crippen molar-refractivity contribution in [3.8, 4) is 0 Å². The van der Waals surface area contributed by atoms with Crippen LogP contribution in [0.5, 0.6) is 0 Å². The van der Waals surface area contributed by atoms with Crippen molar-refractivity contribution in [1.29, 1.82) is 0 Å². The van der Waals surface area contributed by atoms with Gasteiger partial charge in [0.15, 0.2) is 0 Å². The maximum atomic E-state index is 13.7. The third-order valence-electron chi connectivity index (χ3n) is 3.43. The average molecular weight is 339 g/mol. The van der Waals surface area contributed by atoms with Crippen LogP contribution in [-0.2, 0) is 4.79 Å². The molecule has 0 bridgehead atoms. The number of carbonyl (C=O) groups is 1. The molecule has 1 amide bonds. The van der Waals surface area contributed by atoms with Crippen LogP contribution in [0.3, 0.4) is 0 Å². The van der Waals surface area contributed by atoms with Crippen LogP contribution in [0.15, 0.2) is 42.5 Å². The Labute approximate surface area is 138 Å². The lowest BCUT2D eigenvalue weighted by Crippen LogP contribution is -2.39. The van der Waals surface area contributed by atoms with E-state index in [1.165, 1.54) is 12.1 Å². The number of halogens is 3. The maximum Gasteiger partial charge on any atom is 0.241 e. The largest absolute Gasteiger partial charge is 0.325 e. The minimum atomic E-state index is -0.643. The molecule has 0 radical (unpaired) electrons. The van der Waals surface area contributed by atoms with Crippen molar-refractivity contribution in [3.05, 3.63) is 64.7 Å². The lowest BCUT2D eigenvalue weighted by molar-refractivity contribution is -0.117. The Balaban J connectivity index is 1.98. The topological polar surface area (TPSA) is 41.1 Å². The van der Waals surface area contributed by atoms with E-state index in [4.69, 9.17) is 11.6 Å². The van der Waals surface area contributed by atoms with Gasteiger partial charge in [0.1, 0.15) is 11.6 Å². The molecule has 0 aliphatic rings. The van der Waals surface area contributed by atoms with E-state index < -0.39 is 23.7 Å². The van der Waals surface area contributed by atoms with E-state index in [1.807, 2.05) is 0 Å². The number of hydrogen-bond donors (Lipinski definition) is 2. The van der Waals surface area contributed by atoms with Gasteiger partial charge < -0.3 is 5.32 Å². The molecular weight excluding hydrogens is 322 g/mol. The maximum absolute atomic E-state index is 13.7. The average Bonchev–Trinajstić information content (AvgIpc) is 2.49. The summed E-state index contributed by atoms with van der Waals surface area (Å²) in [6, 6.07) is 9.10. The first-order chi connectivity index (χ1) is 10.9. The molecule has 0 saturated heterocycles. The number of benzene rings is 2. The quantitative estimate of drug-likeness (QED) is 0.853. The molecular formula is C17H17ClF2N2O. The van der Waals surface area contributed by atoms with Crippen molar-refractivity contribution in [2.24, 2.45) is 0 Å². The standard InChI is InChI=1S/C17H17ClF2N2O/c1-10(15-8-5-13(19)9-16(15)20)21-11(2)17(23)22-14-6-3-12(18)4-7-14/h3-11,21H,1-2H3,(H,22,23)/t10-,11+/m0/s1. The van der Waals surface area contributed by atoms with Gasteiger partial charge >= 0.3 is 0 Å². The van der Waals surface area contributed by atoms with Crippen molar-refractivity contribution in [2.75, 3.05) is 5.32 Å². The van der Waals surface area contributed by atoms with Crippen molar-refractivity contribution < 1.29 is 13.6 Å². The highest BCUT2D eigenvalue weighted by Crippen LogP contribution is 2.19. The number of hydrogen-bond acceptors (Lipinski definition) is 2. The fourth-order valence-electron chi connectivity index (χ4n) is 2.18. The molecule has 2 atom stereocenters. The molecule has 0 aliphatic heterocycles. The fraction of sp³-hybridized carbons (Fsp3) is 0.235. The van der Waals surface area contributed by atoms with Gasteiger partial charge in [0, 0.05) is 28.4 Å². The van der Waals surface area contributed by atoms with Gasteiger partial charge in [-0.05, 0) is 44.2 Å². The van der Waals surface area contributed by atoms with Crippen molar-refractivity contribution in [3.63, 3.8) is 0 Å². The smallest absolute Gasteiger partial charge is 0.241 e. The molecule has 2 rings (SSSR count). The third-order valence-corrected chi connectivity index (χ3v) is 3.69. The molecule has 0 spiro atoms. The Morgan fingerprint density at radius 3 is 2.35 bits per heavy atom. The minimum absolute atomic E-state index is 0.262. The normalized spacial score (nSPS) is 13.4. The van der Waals surface area contributed by atoms with Gasteiger partial charge in [-0.15, -0.1) is 0 Å². The molecule has 3 nitrogen and oxygen atoms in total. The Hall–Kier alpha value is -1.98. The molecule has 2 N–H and O–H groups in total. The first kappa shape index (κ1) is 17.4. The Morgan fingerprint density at radius 2 is 1.74 bits per heavy atom. The summed E-state index contributed by atoms with van der Waals surface area (Å²) < 4.78 is 26.7. The number of amides is 1. The summed E-state index contributed by atoms with van der Waals surface area (Å²) >= 11 is 5.79. The van der Waals surface area contributed by atoms with Crippen LogP contribution in [0.4, 0.5) is 14.5 Å². The van der Waals surface area contributed by atoms with Crippen molar-refractivity contribution in [1.82, 2.24) is 5.32 Å². The van der Waals surface area contributed by atoms with Gasteiger partial charge in [-0.1, -0.05) is 17.7 Å². The van der Waals surface area contributed by atoms with E-state index in [2.05, 4.69) is 10.6 Å². The second-order valence-corrected chi connectivity index (χ2v) is 5.71. The van der Waals surface area contributed by atoms with Gasteiger partial charge in [-0.25, -0.2) is 8.78 Å². The van der Waals surface area contributed by atoms with E-state index in [0.717, 1.165) is 6.07 Å². The van der Waals surface area contributed by atoms with Gasteiger partial charge in [-0.2, -0.15) is 0 Å². The summed E-state index contributed by atoms with van der Waals surface area (Å²) in [5, 5.41) is 6.30. The number of nitrogens with one attached hydrogen (secondary N) is 2. The predicted molar refractivity (Wildman–Crippen MR) is 87.5 cm³/mol. The summed E-state index contributed by atoms with van der Waals surface area (Å²) in [5.41, 5.74) is 0.922. The zero-order valence-electron chi connectivity index (χ0n) is 12.7. The fourth-order valence-corrected chi connectivity index (χ4v) is 2.30. The van der Waals surface area contributed by atoms with Crippen LogP contribution in [-0.4, -0.2) is 11.9 Å². The minimum Gasteiger partial charge on any atom is -0.325 e. The van der Waals surface area contributed by atoms with E-state index in [1.54, 1.807) is 38.1 Å². The molecule has 0 heterocycles. The monoisotopic (exact) mass is 338 g/mol. The van der Waals surface area contributed by atoms with Crippen LogP contribution in [0.2, 0.25) is 5.02 Å². The van der Waals surface area contributed by atoms with Crippen LogP contribution < -0.4 is 10.6 Å². The zero-order valence-corrected chi connectivity index (χ0v) is 13.5. The molecule has 122 valence electrons. The van der Waals surface area contributed by atoms with Crippen LogP contribution in [0, 0.1) is 11.6 Å². The molecule has 0 saturated carbocycles. The number of rotatable bonds is 5. The van der Waals surface area contributed by atoms with Crippen LogP contribution in [0.1, 0.15) is 25.5 Å². The van der Waals surface area contributed by atoms with Gasteiger partial charge in [0.2, 0.25) is 5.91 Å². The molecule has 2 aromatic rings. The Morgan fingerprint density at radius 1 is 1.09 bits per heavy atom. The molecule has 23 heavy (non-hydrogen) atoms. The molecule has 6 heteroatoms. The SMILES string of the molecule is C[C@H](N[C@H](C)C(=O)Nc1ccc(Cl)cc1)c1ccc(F)cc1F. The van der Waals surface area contributed by atoms with E-state index in [0.29, 0.717) is 16.3 Å². The van der Waals surface area contributed by atoms with Crippen LogP contribution >= 0.6 is 11.6 Å². The zero-order chi connectivity index (χ0) is 17.0. The van der Waals surface area contributed by atoms with E-state index in [9.17, 15) is 13.6 Å². The summed E-state index contributed by atoms with van der Waals surface area (Å²) in [4.78, 5) is 12.1. The predicted octanol–water partition coefficient (Wildman–Crippen LogP) is 4.30. The first-order valence-electron chi connectivity index (χ1n) is 7.14. The van der Waals surface area contributed by atoms with E-state index in [-0.39, 0.29) is 5.91 Å². The number of anilines is 1. The summed E-state index contributed by atoms with van der Waals surface area (Å²) in [7, 11) is 0. The van der Waals surface area contributed by atoms with E-state index >= 15 is 0 Å². The first-order valence-corrected chi connectivity index (χ1v) is 7.52. The lowest BCUT2D eigenvalue weighted by Gasteiger charge is -2.20. The molecule has 0 aromatic heterocycles. The van der Waals surface area contributed by atoms with Gasteiger partial charge in [0.05, 0.1) is 6.04 Å². The summed E-state index contributed by atoms with van der Waals surface area (Å²) in [5.74, 6) is -1.54. The lowest BCUT2D eigenvalue weighted by atomic mass is 10.1. The van der Waals surface area contributed by atoms with Crippen molar-refractivity contribution >= 4 is 23.2 Å². The van der Waals surface area contributed by atoms with Crippen LogP contribution in [0.25, 0.3) is 0 Å². The Kier molecular flexibility index (Phi) is 5.69. The molecule has 2 aromatic carbocycles. The molecule has 0 unspecified atom stereocenters. The van der Waals surface area contributed by atoms with Gasteiger partial charge in [0.25, 0.3) is 0 Å². The highest BCUT2D eigenvalue weighted by atomic mass is 35.5. The Bertz CT molecular complexity index is 691. The summed E-state index contributed by atoms with van der Waals surface area (Å²) in [6.07, 6.45) is 0.